The minimum Gasteiger partial charge on any atom is -0.349 e. The Hall–Kier alpha value is -1.39. The van der Waals surface area contributed by atoms with Gasteiger partial charge in [-0.05, 0) is 49.5 Å². The van der Waals surface area contributed by atoms with E-state index in [0.29, 0.717) is 6.04 Å². The molecule has 0 spiro atoms. The first-order chi connectivity index (χ1) is 10.3. The molecule has 3 rings (SSSR count). The number of fused-ring (bicyclic) bond motifs is 1. The standard InChI is InChI=1S/C17H25N3O/c1-2-20-10-7-14(8-11-20)19-17(21)16-5-3-4-13-12-18-9-6-15(13)16/h3-5,14,18H,2,6-12H2,1H3,(H,19,21). The van der Waals surface area contributed by atoms with E-state index < -0.39 is 0 Å². The predicted octanol–water partition coefficient (Wildman–Crippen LogP) is 1.55. The molecule has 0 saturated carbocycles. The molecule has 2 N–H and O–H groups in total. The lowest BCUT2D eigenvalue weighted by molar-refractivity contribution is 0.0911. The number of piperidine rings is 1. The molecule has 2 aliphatic heterocycles. The molecule has 1 amide bonds. The minimum atomic E-state index is 0.115. The Morgan fingerprint density at radius 3 is 2.95 bits per heavy atom. The van der Waals surface area contributed by atoms with Crippen LogP contribution in [0, 0.1) is 0 Å². The summed E-state index contributed by atoms with van der Waals surface area (Å²) in [5.41, 5.74) is 3.39. The van der Waals surface area contributed by atoms with Gasteiger partial charge in [0.05, 0.1) is 0 Å². The molecule has 2 aliphatic rings. The average molecular weight is 287 g/mol. The van der Waals surface area contributed by atoms with Gasteiger partial charge in [0.15, 0.2) is 0 Å². The van der Waals surface area contributed by atoms with Gasteiger partial charge in [-0.3, -0.25) is 4.79 Å². The molecule has 1 aromatic rings. The van der Waals surface area contributed by atoms with Crippen molar-refractivity contribution in [3.8, 4) is 0 Å². The number of amides is 1. The van der Waals surface area contributed by atoms with E-state index in [2.05, 4.69) is 28.5 Å². The van der Waals surface area contributed by atoms with Crippen LogP contribution in [0.3, 0.4) is 0 Å². The van der Waals surface area contributed by atoms with Gasteiger partial charge >= 0.3 is 0 Å². The Kier molecular flexibility index (Phi) is 4.56. The first-order valence-electron chi connectivity index (χ1n) is 8.12. The topological polar surface area (TPSA) is 44.4 Å². The zero-order valence-electron chi connectivity index (χ0n) is 12.8. The number of hydrogen-bond donors (Lipinski definition) is 2. The Bertz CT molecular complexity index is 507. The number of hydrogen-bond acceptors (Lipinski definition) is 3. The molecule has 1 aromatic carbocycles. The predicted molar refractivity (Wildman–Crippen MR) is 84.5 cm³/mol. The van der Waals surface area contributed by atoms with Crippen molar-refractivity contribution < 1.29 is 4.79 Å². The number of carbonyl (C=O) groups excluding carboxylic acids is 1. The molecular weight excluding hydrogens is 262 g/mol. The molecule has 0 aliphatic carbocycles. The molecule has 0 bridgehead atoms. The third-order valence-electron chi connectivity index (χ3n) is 4.75. The van der Waals surface area contributed by atoms with Crippen LogP contribution >= 0.6 is 0 Å². The van der Waals surface area contributed by atoms with Gasteiger partial charge in [0.25, 0.3) is 5.91 Å². The highest BCUT2D eigenvalue weighted by Crippen LogP contribution is 2.19. The fourth-order valence-corrected chi connectivity index (χ4v) is 3.40. The van der Waals surface area contributed by atoms with Crippen LogP contribution < -0.4 is 10.6 Å². The van der Waals surface area contributed by atoms with Crippen molar-refractivity contribution in [3.05, 3.63) is 34.9 Å². The van der Waals surface area contributed by atoms with Crippen LogP contribution in [0.2, 0.25) is 0 Å². The van der Waals surface area contributed by atoms with Gasteiger partial charge in [-0.25, -0.2) is 0 Å². The number of rotatable bonds is 3. The smallest absolute Gasteiger partial charge is 0.251 e. The SMILES string of the molecule is CCN1CCC(NC(=O)c2cccc3c2CCNC3)CC1. The summed E-state index contributed by atoms with van der Waals surface area (Å²) in [6.07, 6.45) is 3.08. The van der Waals surface area contributed by atoms with Gasteiger partial charge in [-0.15, -0.1) is 0 Å². The quantitative estimate of drug-likeness (QED) is 0.886. The van der Waals surface area contributed by atoms with Crippen LogP contribution in [-0.4, -0.2) is 43.0 Å². The zero-order chi connectivity index (χ0) is 14.7. The molecular formula is C17H25N3O. The minimum absolute atomic E-state index is 0.115. The van der Waals surface area contributed by atoms with E-state index in [1.807, 2.05) is 12.1 Å². The van der Waals surface area contributed by atoms with Crippen molar-refractivity contribution in [1.82, 2.24) is 15.5 Å². The summed E-state index contributed by atoms with van der Waals surface area (Å²) in [5.74, 6) is 0.115. The van der Waals surface area contributed by atoms with Crippen molar-refractivity contribution in [3.63, 3.8) is 0 Å². The van der Waals surface area contributed by atoms with E-state index in [1.165, 1.54) is 11.1 Å². The van der Waals surface area contributed by atoms with Crippen molar-refractivity contribution in [2.75, 3.05) is 26.2 Å². The van der Waals surface area contributed by atoms with Gasteiger partial charge in [-0.2, -0.15) is 0 Å². The van der Waals surface area contributed by atoms with Crippen LogP contribution in [-0.2, 0) is 13.0 Å². The number of carbonyl (C=O) groups is 1. The Morgan fingerprint density at radius 1 is 1.38 bits per heavy atom. The van der Waals surface area contributed by atoms with Gasteiger partial charge < -0.3 is 15.5 Å². The summed E-state index contributed by atoms with van der Waals surface area (Å²) in [6.45, 7) is 7.34. The highest BCUT2D eigenvalue weighted by atomic mass is 16.1. The third-order valence-corrected chi connectivity index (χ3v) is 4.75. The van der Waals surface area contributed by atoms with Crippen LogP contribution in [0.25, 0.3) is 0 Å². The first-order valence-corrected chi connectivity index (χ1v) is 8.12. The van der Waals surface area contributed by atoms with Crippen molar-refractivity contribution in [2.24, 2.45) is 0 Å². The number of nitrogens with zero attached hydrogens (tertiary/aromatic N) is 1. The molecule has 0 aromatic heterocycles. The van der Waals surface area contributed by atoms with E-state index in [4.69, 9.17) is 0 Å². The molecule has 1 fully saturated rings. The van der Waals surface area contributed by atoms with Crippen molar-refractivity contribution in [1.29, 1.82) is 0 Å². The highest BCUT2D eigenvalue weighted by Gasteiger charge is 2.22. The Balaban J connectivity index is 1.66. The summed E-state index contributed by atoms with van der Waals surface area (Å²) >= 11 is 0. The summed E-state index contributed by atoms with van der Waals surface area (Å²) in [7, 11) is 0. The van der Waals surface area contributed by atoms with Gasteiger partial charge in [0.2, 0.25) is 0 Å². The maximum atomic E-state index is 12.6. The van der Waals surface area contributed by atoms with Gasteiger partial charge in [0.1, 0.15) is 0 Å². The molecule has 2 heterocycles. The van der Waals surface area contributed by atoms with Crippen LogP contribution in [0.4, 0.5) is 0 Å². The van der Waals surface area contributed by atoms with Crippen molar-refractivity contribution >= 4 is 5.91 Å². The van der Waals surface area contributed by atoms with Gasteiger partial charge in [0, 0.05) is 31.2 Å². The van der Waals surface area contributed by atoms with Crippen LogP contribution in [0.5, 0.6) is 0 Å². The molecule has 0 atom stereocenters. The first kappa shape index (κ1) is 14.5. The second kappa shape index (κ2) is 6.58. The Labute approximate surface area is 126 Å². The van der Waals surface area contributed by atoms with Crippen LogP contribution in [0.15, 0.2) is 18.2 Å². The van der Waals surface area contributed by atoms with E-state index in [9.17, 15) is 4.79 Å². The lowest BCUT2D eigenvalue weighted by Crippen LogP contribution is -2.44. The van der Waals surface area contributed by atoms with E-state index in [-0.39, 0.29) is 5.91 Å². The third kappa shape index (κ3) is 3.27. The summed E-state index contributed by atoms with van der Waals surface area (Å²) in [5, 5.41) is 6.61. The molecule has 4 nitrogen and oxygen atoms in total. The van der Waals surface area contributed by atoms with E-state index in [0.717, 1.165) is 57.5 Å². The van der Waals surface area contributed by atoms with Crippen LogP contribution in [0.1, 0.15) is 41.3 Å². The molecule has 4 heteroatoms. The zero-order valence-corrected chi connectivity index (χ0v) is 12.8. The summed E-state index contributed by atoms with van der Waals surface area (Å²) in [6, 6.07) is 6.43. The molecule has 0 radical (unpaired) electrons. The normalized spacial score (nSPS) is 20.0. The number of nitrogens with one attached hydrogen (secondary N) is 2. The monoisotopic (exact) mass is 287 g/mol. The van der Waals surface area contributed by atoms with Gasteiger partial charge in [-0.1, -0.05) is 19.1 Å². The summed E-state index contributed by atoms with van der Waals surface area (Å²) in [4.78, 5) is 15.0. The lowest BCUT2D eigenvalue weighted by atomic mass is 9.94. The molecule has 21 heavy (non-hydrogen) atoms. The second-order valence-electron chi connectivity index (χ2n) is 6.05. The highest BCUT2D eigenvalue weighted by molar-refractivity contribution is 5.96. The number of likely N-dealkylation sites (tertiary alicyclic amines) is 1. The lowest BCUT2D eigenvalue weighted by Gasteiger charge is -2.31. The fraction of sp³-hybridized carbons (Fsp3) is 0.588. The summed E-state index contributed by atoms with van der Waals surface area (Å²) < 4.78 is 0. The largest absolute Gasteiger partial charge is 0.349 e. The maximum absolute atomic E-state index is 12.6. The molecule has 1 saturated heterocycles. The maximum Gasteiger partial charge on any atom is 0.251 e. The fourth-order valence-electron chi connectivity index (χ4n) is 3.40. The molecule has 114 valence electrons. The second-order valence-corrected chi connectivity index (χ2v) is 6.05. The Morgan fingerprint density at radius 2 is 2.19 bits per heavy atom. The van der Waals surface area contributed by atoms with E-state index in [1.54, 1.807) is 0 Å². The molecule has 0 unspecified atom stereocenters. The average Bonchev–Trinajstić information content (AvgIpc) is 2.55. The van der Waals surface area contributed by atoms with Crippen molar-refractivity contribution in [2.45, 2.75) is 38.8 Å². The van der Waals surface area contributed by atoms with E-state index >= 15 is 0 Å². The number of benzene rings is 1.